The van der Waals surface area contributed by atoms with Gasteiger partial charge in [-0.2, -0.15) is 0 Å². The van der Waals surface area contributed by atoms with Gasteiger partial charge in [-0.3, -0.25) is 0 Å². The van der Waals surface area contributed by atoms with Gasteiger partial charge in [0.1, 0.15) is 0 Å². The molecule has 1 saturated carbocycles. The highest BCUT2D eigenvalue weighted by molar-refractivity contribution is 5.14. The smallest absolute Gasteiger partial charge is 0.217 e. The first-order valence-electron chi connectivity index (χ1n) is 8.73. The molecule has 2 aliphatic carbocycles. The van der Waals surface area contributed by atoms with Crippen molar-refractivity contribution >= 4 is 0 Å². The lowest BCUT2D eigenvalue weighted by Gasteiger charge is -2.37. The molecular weight excluding hydrogens is 274 g/mol. The summed E-state index contributed by atoms with van der Waals surface area (Å²) >= 11 is 0. The third-order valence-corrected chi connectivity index (χ3v) is 5.29. The standard InChI is InChI=1S/C18H29N3O/c1-11(2)17-8-14(9-18-21-20-13(4)22-18)12(3)7-15(17)10-19-16-5-6-16/h7,11,14-17,19H,5-6,8-10H2,1-4H3/t14-,15+,17+/m1/s1. The third kappa shape index (κ3) is 3.78. The number of rotatable bonds is 6. The molecule has 4 nitrogen and oxygen atoms in total. The van der Waals surface area contributed by atoms with Crippen LogP contribution < -0.4 is 5.32 Å². The van der Waals surface area contributed by atoms with Crippen molar-refractivity contribution in [3.05, 3.63) is 23.4 Å². The van der Waals surface area contributed by atoms with Crippen LogP contribution in [0.5, 0.6) is 0 Å². The Balaban J connectivity index is 1.68. The van der Waals surface area contributed by atoms with Gasteiger partial charge in [-0.1, -0.05) is 25.5 Å². The molecule has 1 fully saturated rings. The van der Waals surface area contributed by atoms with Gasteiger partial charge in [0.25, 0.3) is 0 Å². The van der Waals surface area contributed by atoms with Gasteiger partial charge in [-0.05, 0) is 49.9 Å². The number of aryl methyl sites for hydroxylation is 1. The van der Waals surface area contributed by atoms with Gasteiger partial charge in [-0.15, -0.1) is 10.2 Å². The molecule has 2 aliphatic rings. The van der Waals surface area contributed by atoms with E-state index in [-0.39, 0.29) is 0 Å². The van der Waals surface area contributed by atoms with Gasteiger partial charge in [-0.25, -0.2) is 0 Å². The summed E-state index contributed by atoms with van der Waals surface area (Å²) in [7, 11) is 0. The molecule has 3 atom stereocenters. The van der Waals surface area contributed by atoms with E-state index in [0.717, 1.165) is 30.8 Å². The van der Waals surface area contributed by atoms with Crippen molar-refractivity contribution in [1.29, 1.82) is 0 Å². The zero-order valence-corrected chi connectivity index (χ0v) is 14.3. The lowest BCUT2D eigenvalue weighted by atomic mass is 9.70. The lowest BCUT2D eigenvalue weighted by molar-refractivity contribution is 0.217. The van der Waals surface area contributed by atoms with E-state index >= 15 is 0 Å². The summed E-state index contributed by atoms with van der Waals surface area (Å²) in [5.41, 5.74) is 1.50. The minimum Gasteiger partial charge on any atom is -0.426 e. The topological polar surface area (TPSA) is 51.0 Å². The first-order valence-corrected chi connectivity index (χ1v) is 8.73. The number of allylic oxidation sites excluding steroid dienone is 1. The maximum atomic E-state index is 5.58. The predicted molar refractivity (Wildman–Crippen MR) is 87.4 cm³/mol. The molecular formula is C18H29N3O. The van der Waals surface area contributed by atoms with E-state index in [2.05, 4.69) is 42.4 Å². The number of nitrogens with one attached hydrogen (secondary N) is 1. The third-order valence-electron chi connectivity index (χ3n) is 5.29. The second-order valence-electron chi connectivity index (χ2n) is 7.52. The van der Waals surface area contributed by atoms with Crippen LogP contribution in [0.3, 0.4) is 0 Å². The molecule has 1 aromatic rings. The molecule has 1 heterocycles. The Morgan fingerprint density at radius 1 is 1.27 bits per heavy atom. The Morgan fingerprint density at radius 3 is 2.64 bits per heavy atom. The molecule has 0 aromatic carbocycles. The summed E-state index contributed by atoms with van der Waals surface area (Å²) in [4.78, 5) is 0. The van der Waals surface area contributed by atoms with Gasteiger partial charge in [0.2, 0.25) is 11.8 Å². The minimum atomic E-state index is 0.546. The summed E-state index contributed by atoms with van der Waals surface area (Å²) in [6.45, 7) is 9.98. The highest BCUT2D eigenvalue weighted by Gasteiger charge is 2.33. The molecule has 0 aliphatic heterocycles. The fraction of sp³-hybridized carbons (Fsp3) is 0.778. The highest BCUT2D eigenvalue weighted by atomic mass is 16.4. The predicted octanol–water partition coefficient (Wildman–Crippen LogP) is 3.53. The summed E-state index contributed by atoms with van der Waals surface area (Å²) in [5.74, 6) is 4.11. The maximum absolute atomic E-state index is 5.58. The van der Waals surface area contributed by atoms with Gasteiger partial charge in [0, 0.05) is 25.9 Å². The fourth-order valence-electron chi connectivity index (χ4n) is 3.73. The molecule has 4 heteroatoms. The largest absolute Gasteiger partial charge is 0.426 e. The van der Waals surface area contributed by atoms with E-state index in [4.69, 9.17) is 4.42 Å². The molecule has 0 bridgehead atoms. The highest BCUT2D eigenvalue weighted by Crippen LogP contribution is 2.39. The molecule has 0 saturated heterocycles. The van der Waals surface area contributed by atoms with Gasteiger partial charge >= 0.3 is 0 Å². The zero-order valence-electron chi connectivity index (χ0n) is 14.3. The number of aromatic nitrogens is 2. The van der Waals surface area contributed by atoms with Crippen LogP contribution in [0, 0.1) is 30.6 Å². The van der Waals surface area contributed by atoms with Crippen molar-refractivity contribution in [2.24, 2.45) is 23.7 Å². The lowest BCUT2D eigenvalue weighted by Crippen LogP contribution is -2.35. The van der Waals surface area contributed by atoms with Crippen molar-refractivity contribution < 1.29 is 4.42 Å². The van der Waals surface area contributed by atoms with E-state index in [1.807, 2.05) is 6.92 Å². The van der Waals surface area contributed by atoms with E-state index in [1.54, 1.807) is 0 Å². The van der Waals surface area contributed by atoms with Crippen LogP contribution in [0.25, 0.3) is 0 Å². The molecule has 22 heavy (non-hydrogen) atoms. The number of hydrogen-bond donors (Lipinski definition) is 1. The molecule has 1 aromatic heterocycles. The van der Waals surface area contributed by atoms with E-state index in [0.29, 0.717) is 23.6 Å². The van der Waals surface area contributed by atoms with Crippen LogP contribution >= 0.6 is 0 Å². The molecule has 0 spiro atoms. The summed E-state index contributed by atoms with van der Waals surface area (Å²) in [6.07, 6.45) is 7.35. The van der Waals surface area contributed by atoms with Crippen LogP contribution in [0.2, 0.25) is 0 Å². The minimum absolute atomic E-state index is 0.546. The SMILES string of the molecule is CC1=C[C@@H](CNC2CC2)[C@H](C(C)C)C[C@@H]1Cc1nnc(C)o1. The molecule has 0 unspecified atom stereocenters. The average Bonchev–Trinajstić information content (AvgIpc) is 3.21. The summed E-state index contributed by atoms with van der Waals surface area (Å²) < 4.78 is 5.58. The Kier molecular flexibility index (Phi) is 4.67. The molecule has 1 N–H and O–H groups in total. The Labute approximate surface area is 133 Å². The van der Waals surface area contributed by atoms with Crippen molar-refractivity contribution in [3.8, 4) is 0 Å². The van der Waals surface area contributed by atoms with Crippen LogP contribution in [-0.2, 0) is 6.42 Å². The molecule has 0 radical (unpaired) electrons. The molecule has 122 valence electrons. The monoisotopic (exact) mass is 303 g/mol. The van der Waals surface area contributed by atoms with Gasteiger partial charge in [0.05, 0.1) is 0 Å². The molecule has 3 rings (SSSR count). The number of nitrogens with zero attached hydrogens (tertiary/aromatic N) is 2. The number of hydrogen-bond acceptors (Lipinski definition) is 4. The second-order valence-corrected chi connectivity index (χ2v) is 7.52. The summed E-state index contributed by atoms with van der Waals surface area (Å²) in [6, 6.07) is 0.792. The summed E-state index contributed by atoms with van der Waals surface area (Å²) in [5, 5.41) is 11.8. The first kappa shape index (κ1) is 15.7. The van der Waals surface area contributed by atoms with E-state index < -0.39 is 0 Å². The Bertz CT molecular complexity index is 530. The van der Waals surface area contributed by atoms with Crippen molar-refractivity contribution in [3.63, 3.8) is 0 Å². The quantitative estimate of drug-likeness (QED) is 0.817. The normalized spacial score (nSPS) is 29.0. The average molecular weight is 303 g/mol. The van der Waals surface area contributed by atoms with Gasteiger partial charge < -0.3 is 9.73 Å². The van der Waals surface area contributed by atoms with Crippen LogP contribution in [0.1, 0.15) is 51.8 Å². The van der Waals surface area contributed by atoms with Crippen molar-refractivity contribution in [2.75, 3.05) is 6.54 Å². The fourth-order valence-corrected chi connectivity index (χ4v) is 3.73. The Hall–Kier alpha value is -1.16. The van der Waals surface area contributed by atoms with Crippen LogP contribution in [-0.4, -0.2) is 22.8 Å². The zero-order chi connectivity index (χ0) is 15.7. The second kappa shape index (κ2) is 6.53. The molecule has 0 amide bonds. The van der Waals surface area contributed by atoms with Gasteiger partial charge in [0.15, 0.2) is 0 Å². The van der Waals surface area contributed by atoms with Crippen molar-refractivity contribution in [2.45, 2.75) is 59.4 Å². The Morgan fingerprint density at radius 2 is 2.05 bits per heavy atom. The van der Waals surface area contributed by atoms with Crippen LogP contribution in [0.15, 0.2) is 16.1 Å². The van der Waals surface area contributed by atoms with E-state index in [9.17, 15) is 0 Å². The first-order chi connectivity index (χ1) is 10.5. The maximum Gasteiger partial charge on any atom is 0.217 e. The van der Waals surface area contributed by atoms with Crippen LogP contribution in [0.4, 0.5) is 0 Å². The van der Waals surface area contributed by atoms with Crippen molar-refractivity contribution in [1.82, 2.24) is 15.5 Å². The van der Waals surface area contributed by atoms with E-state index in [1.165, 1.54) is 24.8 Å².